The predicted octanol–water partition coefficient (Wildman–Crippen LogP) is 2.72. The van der Waals surface area contributed by atoms with Crippen molar-refractivity contribution in [1.82, 2.24) is 5.32 Å². The standard InChI is InChI=1S/C15H31NO2/c1-5-15(6-2,7-8-17)11-16-14-9-12(3)18-13(4)10-14/h12-14,16-17H,5-11H2,1-4H3. The van der Waals surface area contributed by atoms with Gasteiger partial charge >= 0.3 is 0 Å². The topological polar surface area (TPSA) is 41.5 Å². The molecular weight excluding hydrogens is 226 g/mol. The highest BCUT2D eigenvalue weighted by molar-refractivity contribution is 4.84. The molecule has 1 rings (SSSR count). The van der Waals surface area contributed by atoms with Gasteiger partial charge in [-0.3, -0.25) is 0 Å². The maximum atomic E-state index is 9.24. The molecule has 3 nitrogen and oxygen atoms in total. The molecule has 2 atom stereocenters. The van der Waals surface area contributed by atoms with Gasteiger partial charge in [0.2, 0.25) is 0 Å². The van der Waals surface area contributed by atoms with Crippen LogP contribution in [0.1, 0.15) is 59.8 Å². The van der Waals surface area contributed by atoms with Crippen molar-refractivity contribution in [2.45, 2.75) is 78.0 Å². The van der Waals surface area contributed by atoms with Crippen molar-refractivity contribution in [2.24, 2.45) is 5.41 Å². The Balaban J connectivity index is 2.46. The lowest BCUT2D eigenvalue weighted by Crippen LogP contribution is -2.45. The van der Waals surface area contributed by atoms with Gasteiger partial charge in [0.15, 0.2) is 0 Å². The van der Waals surface area contributed by atoms with Crippen LogP contribution in [0.5, 0.6) is 0 Å². The fourth-order valence-corrected chi connectivity index (χ4v) is 3.11. The molecule has 0 aliphatic carbocycles. The zero-order chi connectivity index (χ0) is 13.6. The lowest BCUT2D eigenvalue weighted by Gasteiger charge is -2.37. The minimum absolute atomic E-state index is 0.263. The number of aliphatic hydroxyl groups is 1. The lowest BCUT2D eigenvalue weighted by molar-refractivity contribution is -0.0438. The van der Waals surface area contributed by atoms with Crippen LogP contribution in [0.4, 0.5) is 0 Å². The second-order valence-corrected chi connectivity index (χ2v) is 5.99. The summed E-state index contributed by atoms with van der Waals surface area (Å²) in [5.41, 5.74) is 0.263. The van der Waals surface area contributed by atoms with Crippen LogP contribution in [0, 0.1) is 5.41 Å². The van der Waals surface area contributed by atoms with E-state index in [4.69, 9.17) is 4.74 Å². The summed E-state index contributed by atoms with van der Waals surface area (Å²) in [6, 6.07) is 0.569. The Morgan fingerprint density at radius 1 is 1.17 bits per heavy atom. The van der Waals surface area contributed by atoms with Crippen LogP contribution in [0.2, 0.25) is 0 Å². The first-order chi connectivity index (χ1) is 8.55. The van der Waals surface area contributed by atoms with Gasteiger partial charge in [-0.1, -0.05) is 13.8 Å². The summed E-state index contributed by atoms with van der Waals surface area (Å²) in [5.74, 6) is 0. The Kier molecular flexibility index (Phi) is 6.61. The molecule has 108 valence electrons. The summed E-state index contributed by atoms with van der Waals surface area (Å²) in [6.07, 6.45) is 6.10. The number of hydrogen-bond donors (Lipinski definition) is 2. The maximum Gasteiger partial charge on any atom is 0.0565 e. The second kappa shape index (κ2) is 7.46. The van der Waals surface area contributed by atoms with Gasteiger partial charge in [0.05, 0.1) is 12.2 Å². The summed E-state index contributed by atoms with van der Waals surface area (Å²) < 4.78 is 5.77. The summed E-state index contributed by atoms with van der Waals surface area (Å²) in [4.78, 5) is 0. The Labute approximate surface area is 112 Å². The molecule has 0 aromatic carbocycles. The Morgan fingerprint density at radius 2 is 1.72 bits per heavy atom. The van der Waals surface area contributed by atoms with Gasteiger partial charge in [0, 0.05) is 19.2 Å². The molecule has 1 saturated heterocycles. The molecule has 0 amide bonds. The lowest BCUT2D eigenvalue weighted by atomic mass is 9.79. The van der Waals surface area contributed by atoms with Crippen molar-refractivity contribution < 1.29 is 9.84 Å². The molecule has 0 radical (unpaired) electrons. The number of aliphatic hydroxyl groups excluding tert-OH is 1. The van der Waals surface area contributed by atoms with Crippen LogP contribution in [0.25, 0.3) is 0 Å². The van der Waals surface area contributed by atoms with Gasteiger partial charge in [-0.25, -0.2) is 0 Å². The van der Waals surface area contributed by atoms with E-state index in [1.807, 2.05) is 0 Å². The van der Waals surface area contributed by atoms with E-state index < -0.39 is 0 Å². The van der Waals surface area contributed by atoms with Crippen molar-refractivity contribution in [3.63, 3.8) is 0 Å². The van der Waals surface area contributed by atoms with Crippen LogP contribution in [0.15, 0.2) is 0 Å². The summed E-state index contributed by atoms with van der Waals surface area (Å²) in [5, 5.41) is 13.0. The van der Waals surface area contributed by atoms with E-state index in [-0.39, 0.29) is 5.41 Å². The van der Waals surface area contributed by atoms with E-state index in [1.54, 1.807) is 0 Å². The van der Waals surface area contributed by atoms with Crippen molar-refractivity contribution in [3.05, 3.63) is 0 Å². The number of ether oxygens (including phenoxy) is 1. The maximum absolute atomic E-state index is 9.24. The van der Waals surface area contributed by atoms with Crippen LogP contribution in [-0.2, 0) is 4.74 Å². The van der Waals surface area contributed by atoms with Gasteiger partial charge < -0.3 is 15.2 Å². The number of hydrogen-bond acceptors (Lipinski definition) is 3. The van der Waals surface area contributed by atoms with Gasteiger partial charge in [0.25, 0.3) is 0 Å². The molecule has 0 aromatic rings. The van der Waals surface area contributed by atoms with Crippen molar-refractivity contribution in [3.8, 4) is 0 Å². The average Bonchev–Trinajstić information content (AvgIpc) is 2.33. The quantitative estimate of drug-likeness (QED) is 0.737. The van der Waals surface area contributed by atoms with E-state index in [2.05, 4.69) is 33.0 Å². The third-order valence-electron chi connectivity index (χ3n) is 4.61. The third kappa shape index (κ3) is 4.52. The molecule has 1 fully saturated rings. The van der Waals surface area contributed by atoms with Gasteiger partial charge in [-0.15, -0.1) is 0 Å². The molecule has 1 heterocycles. The first-order valence-electron chi connectivity index (χ1n) is 7.55. The van der Waals surface area contributed by atoms with E-state index in [0.29, 0.717) is 24.9 Å². The van der Waals surface area contributed by atoms with E-state index in [0.717, 1.165) is 38.6 Å². The SMILES string of the molecule is CCC(CC)(CCO)CNC1CC(C)OC(C)C1. The zero-order valence-electron chi connectivity index (χ0n) is 12.5. The fraction of sp³-hybridized carbons (Fsp3) is 1.00. The fourth-order valence-electron chi connectivity index (χ4n) is 3.11. The monoisotopic (exact) mass is 257 g/mol. The van der Waals surface area contributed by atoms with Gasteiger partial charge in [-0.2, -0.15) is 0 Å². The van der Waals surface area contributed by atoms with Crippen LogP contribution in [-0.4, -0.2) is 36.5 Å². The highest BCUT2D eigenvalue weighted by Gasteiger charge is 2.29. The number of nitrogens with one attached hydrogen (secondary N) is 1. The first kappa shape index (κ1) is 15.9. The Morgan fingerprint density at radius 3 is 2.17 bits per heavy atom. The van der Waals surface area contributed by atoms with Gasteiger partial charge in [0.1, 0.15) is 0 Å². The zero-order valence-corrected chi connectivity index (χ0v) is 12.5. The summed E-state index contributed by atoms with van der Waals surface area (Å²) in [6.45, 7) is 10.1. The minimum atomic E-state index is 0.263. The van der Waals surface area contributed by atoms with Crippen molar-refractivity contribution in [1.29, 1.82) is 0 Å². The molecule has 0 saturated carbocycles. The molecule has 0 bridgehead atoms. The Hall–Kier alpha value is -0.120. The highest BCUT2D eigenvalue weighted by Crippen LogP contribution is 2.30. The molecule has 3 heteroatoms. The van der Waals surface area contributed by atoms with E-state index in [1.165, 1.54) is 0 Å². The minimum Gasteiger partial charge on any atom is -0.396 e. The van der Waals surface area contributed by atoms with E-state index in [9.17, 15) is 5.11 Å². The van der Waals surface area contributed by atoms with Crippen LogP contribution in [0.3, 0.4) is 0 Å². The molecule has 1 aliphatic rings. The molecule has 2 unspecified atom stereocenters. The van der Waals surface area contributed by atoms with Crippen molar-refractivity contribution >= 4 is 0 Å². The molecule has 18 heavy (non-hydrogen) atoms. The van der Waals surface area contributed by atoms with E-state index >= 15 is 0 Å². The molecule has 0 spiro atoms. The van der Waals surface area contributed by atoms with Crippen LogP contribution < -0.4 is 5.32 Å². The molecule has 0 aromatic heterocycles. The van der Waals surface area contributed by atoms with Gasteiger partial charge in [-0.05, 0) is 51.4 Å². The molecular formula is C15H31NO2. The summed E-state index contributed by atoms with van der Waals surface area (Å²) >= 11 is 0. The Bertz CT molecular complexity index is 219. The molecule has 1 aliphatic heterocycles. The molecule has 2 N–H and O–H groups in total. The first-order valence-corrected chi connectivity index (χ1v) is 7.55. The predicted molar refractivity (Wildman–Crippen MR) is 75.8 cm³/mol. The smallest absolute Gasteiger partial charge is 0.0565 e. The summed E-state index contributed by atoms with van der Waals surface area (Å²) in [7, 11) is 0. The average molecular weight is 257 g/mol. The number of rotatable bonds is 7. The third-order valence-corrected chi connectivity index (χ3v) is 4.61. The van der Waals surface area contributed by atoms with Crippen molar-refractivity contribution in [2.75, 3.05) is 13.2 Å². The van der Waals surface area contributed by atoms with Crippen LogP contribution >= 0.6 is 0 Å². The highest BCUT2D eigenvalue weighted by atomic mass is 16.5. The largest absolute Gasteiger partial charge is 0.396 e. The normalized spacial score (nSPS) is 29.5. The second-order valence-electron chi connectivity index (χ2n) is 5.99.